The van der Waals surface area contributed by atoms with Gasteiger partial charge in [0.2, 0.25) is 0 Å². The van der Waals surface area contributed by atoms with Gasteiger partial charge in [-0.25, -0.2) is 8.42 Å². The molecule has 1 heterocycles. The summed E-state index contributed by atoms with van der Waals surface area (Å²) in [6.07, 6.45) is 4.78. The Labute approximate surface area is 92.1 Å². The van der Waals surface area contributed by atoms with Crippen LogP contribution in [0.5, 0.6) is 0 Å². The van der Waals surface area contributed by atoms with E-state index in [0.29, 0.717) is 12.3 Å². The van der Waals surface area contributed by atoms with Crippen LogP contribution in [-0.2, 0) is 14.6 Å². The maximum Gasteiger partial charge on any atom is 0.147 e. The molecule has 1 aliphatic heterocycles. The standard InChI is InChI=1S/C10H21NO3S/c1-15(12,13)8-2-3-10(11)9-4-6-14-7-5-9/h9-10H,2-8,11H2,1H3. The van der Waals surface area contributed by atoms with Crippen LogP contribution in [0.3, 0.4) is 0 Å². The molecule has 0 bridgehead atoms. The van der Waals surface area contributed by atoms with Crippen molar-refractivity contribution in [3.63, 3.8) is 0 Å². The summed E-state index contributed by atoms with van der Waals surface area (Å²) in [6.45, 7) is 1.59. The highest BCUT2D eigenvalue weighted by atomic mass is 32.2. The normalized spacial score (nSPS) is 21.5. The van der Waals surface area contributed by atoms with Gasteiger partial charge in [-0.2, -0.15) is 0 Å². The summed E-state index contributed by atoms with van der Waals surface area (Å²) in [5, 5.41) is 0. The molecule has 1 unspecified atom stereocenters. The van der Waals surface area contributed by atoms with Gasteiger partial charge < -0.3 is 10.5 Å². The van der Waals surface area contributed by atoms with E-state index >= 15 is 0 Å². The first kappa shape index (κ1) is 12.9. The van der Waals surface area contributed by atoms with Crippen molar-refractivity contribution in [3.8, 4) is 0 Å². The average molecular weight is 235 g/mol. The number of hydrogen-bond donors (Lipinski definition) is 1. The average Bonchev–Trinajstić information content (AvgIpc) is 2.17. The highest BCUT2D eigenvalue weighted by Crippen LogP contribution is 2.20. The van der Waals surface area contributed by atoms with Crippen LogP contribution >= 0.6 is 0 Å². The van der Waals surface area contributed by atoms with E-state index in [1.807, 2.05) is 0 Å². The van der Waals surface area contributed by atoms with E-state index < -0.39 is 9.84 Å². The van der Waals surface area contributed by atoms with Crippen LogP contribution < -0.4 is 5.73 Å². The lowest BCUT2D eigenvalue weighted by molar-refractivity contribution is 0.0575. The second kappa shape index (κ2) is 5.82. The maximum atomic E-state index is 10.9. The Kier molecular flexibility index (Phi) is 5.02. The summed E-state index contributed by atoms with van der Waals surface area (Å²) in [6, 6.07) is 0.135. The fourth-order valence-corrected chi connectivity index (χ4v) is 2.65. The van der Waals surface area contributed by atoms with E-state index in [0.717, 1.165) is 32.5 Å². The molecule has 1 rings (SSSR count). The van der Waals surface area contributed by atoms with Crippen LogP contribution in [0.4, 0.5) is 0 Å². The largest absolute Gasteiger partial charge is 0.381 e. The van der Waals surface area contributed by atoms with E-state index in [1.165, 1.54) is 6.26 Å². The Balaban J connectivity index is 2.20. The van der Waals surface area contributed by atoms with Crippen molar-refractivity contribution < 1.29 is 13.2 Å². The Morgan fingerprint density at radius 1 is 1.40 bits per heavy atom. The van der Waals surface area contributed by atoms with Gasteiger partial charge >= 0.3 is 0 Å². The molecule has 1 atom stereocenters. The minimum absolute atomic E-state index is 0.135. The van der Waals surface area contributed by atoms with E-state index in [2.05, 4.69) is 0 Å². The molecule has 0 aliphatic carbocycles. The van der Waals surface area contributed by atoms with Gasteiger partial charge in [-0.3, -0.25) is 0 Å². The molecule has 1 aliphatic rings. The van der Waals surface area contributed by atoms with Crippen LogP contribution in [0.2, 0.25) is 0 Å². The molecule has 0 spiro atoms. The number of sulfone groups is 1. The lowest BCUT2D eigenvalue weighted by Crippen LogP contribution is -2.34. The molecule has 0 aromatic carbocycles. The van der Waals surface area contributed by atoms with Gasteiger partial charge in [-0.05, 0) is 31.6 Å². The summed E-state index contributed by atoms with van der Waals surface area (Å²) < 4.78 is 27.1. The van der Waals surface area contributed by atoms with Gasteiger partial charge in [0.15, 0.2) is 0 Å². The van der Waals surface area contributed by atoms with Crippen molar-refractivity contribution in [1.29, 1.82) is 0 Å². The molecule has 15 heavy (non-hydrogen) atoms. The zero-order valence-electron chi connectivity index (χ0n) is 9.31. The molecule has 0 aromatic rings. The van der Waals surface area contributed by atoms with Crippen LogP contribution in [0, 0.1) is 5.92 Å². The highest BCUT2D eigenvalue weighted by Gasteiger charge is 2.20. The Morgan fingerprint density at radius 3 is 2.53 bits per heavy atom. The minimum atomic E-state index is -2.83. The van der Waals surface area contributed by atoms with E-state index in [9.17, 15) is 8.42 Å². The van der Waals surface area contributed by atoms with Gasteiger partial charge in [0.25, 0.3) is 0 Å². The summed E-state index contributed by atoms with van der Waals surface area (Å²) >= 11 is 0. The van der Waals surface area contributed by atoms with Gasteiger partial charge in [-0.1, -0.05) is 0 Å². The molecule has 0 saturated carbocycles. The lowest BCUT2D eigenvalue weighted by Gasteiger charge is -2.27. The third-order valence-corrected chi connectivity index (χ3v) is 3.95. The lowest BCUT2D eigenvalue weighted by atomic mass is 9.90. The Morgan fingerprint density at radius 2 is 2.00 bits per heavy atom. The van der Waals surface area contributed by atoms with Crippen LogP contribution in [0.25, 0.3) is 0 Å². The van der Waals surface area contributed by atoms with Crippen molar-refractivity contribution in [2.24, 2.45) is 11.7 Å². The zero-order chi connectivity index (χ0) is 11.3. The smallest absolute Gasteiger partial charge is 0.147 e. The van der Waals surface area contributed by atoms with Crippen LogP contribution in [-0.4, -0.2) is 39.7 Å². The predicted octanol–water partition coefficient (Wildman–Crippen LogP) is 0.565. The van der Waals surface area contributed by atoms with Crippen molar-refractivity contribution in [1.82, 2.24) is 0 Å². The molecule has 1 fully saturated rings. The monoisotopic (exact) mass is 235 g/mol. The molecular formula is C10H21NO3S. The van der Waals surface area contributed by atoms with Crippen LogP contribution in [0.15, 0.2) is 0 Å². The summed E-state index contributed by atoms with van der Waals surface area (Å²) in [7, 11) is -2.83. The van der Waals surface area contributed by atoms with Gasteiger partial charge in [0.05, 0.1) is 0 Å². The predicted molar refractivity (Wildman–Crippen MR) is 60.5 cm³/mol. The van der Waals surface area contributed by atoms with Crippen molar-refractivity contribution in [3.05, 3.63) is 0 Å². The molecule has 0 radical (unpaired) electrons. The molecule has 2 N–H and O–H groups in total. The van der Waals surface area contributed by atoms with Crippen molar-refractivity contribution in [2.75, 3.05) is 25.2 Å². The maximum absolute atomic E-state index is 10.9. The van der Waals surface area contributed by atoms with Crippen LogP contribution in [0.1, 0.15) is 25.7 Å². The summed E-state index contributed by atoms with van der Waals surface area (Å²) in [5.41, 5.74) is 6.03. The minimum Gasteiger partial charge on any atom is -0.381 e. The fourth-order valence-electron chi connectivity index (χ4n) is 1.96. The first-order valence-corrected chi connectivity index (χ1v) is 7.56. The van der Waals surface area contributed by atoms with Gasteiger partial charge in [0, 0.05) is 31.3 Å². The quantitative estimate of drug-likeness (QED) is 0.756. The summed E-state index contributed by atoms with van der Waals surface area (Å²) in [5.74, 6) is 0.766. The molecule has 0 aromatic heterocycles. The van der Waals surface area contributed by atoms with E-state index in [-0.39, 0.29) is 11.8 Å². The molecular weight excluding hydrogens is 214 g/mol. The molecule has 5 heteroatoms. The first-order valence-electron chi connectivity index (χ1n) is 5.50. The molecule has 0 amide bonds. The topological polar surface area (TPSA) is 69.4 Å². The van der Waals surface area contributed by atoms with Gasteiger partial charge in [0.1, 0.15) is 9.84 Å². The number of hydrogen-bond acceptors (Lipinski definition) is 4. The molecule has 90 valence electrons. The SMILES string of the molecule is CS(=O)(=O)CCCC(N)C1CCOCC1. The Bertz CT molecular complexity index is 270. The zero-order valence-corrected chi connectivity index (χ0v) is 10.1. The highest BCUT2D eigenvalue weighted by molar-refractivity contribution is 7.90. The molecule has 4 nitrogen and oxygen atoms in total. The van der Waals surface area contributed by atoms with E-state index in [4.69, 9.17) is 10.5 Å². The number of rotatable bonds is 5. The fraction of sp³-hybridized carbons (Fsp3) is 1.00. The Hall–Kier alpha value is -0.130. The third-order valence-electron chi connectivity index (χ3n) is 2.92. The number of nitrogens with two attached hydrogens (primary N) is 1. The van der Waals surface area contributed by atoms with Crippen molar-refractivity contribution >= 4 is 9.84 Å². The van der Waals surface area contributed by atoms with Gasteiger partial charge in [-0.15, -0.1) is 0 Å². The molecule has 1 saturated heterocycles. The second-order valence-corrected chi connectivity index (χ2v) is 6.65. The van der Waals surface area contributed by atoms with E-state index in [1.54, 1.807) is 0 Å². The second-order valence-electron chi connectivity index (χ2n) is 4.39. The third kappa shape index (κ3) is 5.49. The summed E-state index contributed by atoms with van der Waals surface area (Å²) in [4.78, 5) is 0. The number of ether oxygens (including phenoxy) is 1. The van der Waals surface area contributed by atoms with Crippen molar-refractivity contribution in [2.45, 2.75) is 31.7 Å². The first-order chi connectivity index (χ1) is 6.99.